The van der Waals surface area contributed by atoms with Crippen molar-refractivity contribution in [2.45, 2.75) is 20.8 Å². The average molecular weight is 250 g/mol. The van der Waals surface area contributed by atoms with Gasteiger partial charge in [-0.15, -0.1) is 0 Å². The van der Waals surface area contributed by atoms with E-state index >= 15 is 0 Å². The summed E-state index contributed by atoms with van der Waals surface area (Å²) in [5.74, 6) is -1.17. The van der Waals surface area contributed by atoms with Crippen LogP contribution in [-0.4, -0.2) is 23.5 Å². The number of aryl methyl sites for hydroxylation is 1. The lowest BCUT2D eigenvalue weighted by Crippen LogP contribution is -2.37. The number of carboxylic acid groups (broad SMARTS) is 1. The Morgan fingerprint density at radius 1 is 1.39 bits per heavy atom. The van der Waals surface area contributed by atoms with Crippen molar-refractivity contribution < 1.29 is 14.7 Å². The highest BCUT2D eigenvalue weighted by Crippen LogP contribution is 2.19. The summed E-state index contributed by atoms with van der Waals surface area (Å²) in [4.78, 5) is 22.7. The molecule has 5 nitrogen and oxygen atoms in total. The molecule has 1 rings (SSSR count). The zero-order valence-corrected chi connectivity index (χ0v) is 10.8. The first-order valence-electron chi connectivity index (χ1n) is 5.63. The number of anilines is 1. The van der Waals surface area contributed by atoms with Gasteiger partial charge in [-0.2, -0.15) is 0 Å². The summed E-state index contributed by atoms with van der Waals surface area (Å²) >= 11 is 0. The van der Waals surface area contributed by atoms with E-state index in [1.165, 1.54) is 6.07 Å². The summed E-state index contributed by atoms with van der Waals surface area (Å²) in [5, 5.41) is 11.6. The van der Waals surface area contributed by atoms with Gasteiger partial charge >= 0.3 is 5.97 Å². The van der Waals surface area contributed by atoms with Gasteiger partial charge in [0, 0.05) is 12.2 Å². The molecule has 0 aliphatic rings. The molecular formula is C13H18N2O3. The molecule has 98 valence electrons. The highest BCUT2D eigenvalue weighted by atomic mass is 16.4. The lowest BCUT2D eigenvalue weighted by atomic mass is 9.92. The Kier molecular flexibility index (Phi) is 4.08. The molecule has 0 aliphatic heterocycles. The number of carbonyl (C=O) groups is 2. The Balaban J connectivity index is 2.91. The summed E-state index contributed by atoms with van der Waals surface area (Å²) in [5.41, 5.74) is 6.27. The maximum Gasteiger partial charge on any atom is 0.335 e. The molecule has 5 heteroatoms. The topological polar surface area (TPSA) is 92.4 Å². The molecule has 0 atom stereocenters. The summed E-state index contributed by atoms with van der Waals surface area (Å²) in [6, 6.07) is 4.68. The first-order chi connectivity index (χ1) is 8.27. The van der Waals surface area contributed by atoms with Gasteiger partial charge in [-0.3, -0.25) is 4.79 Å². The summed E-state index contributed by atoms with van der Waals surface area (Å²) in [6.45, 7) is 5.43. The second-order valence-corrected chi connectivity index (χ2v) is 4.88. The molecular weight excluding hydrogens is 232 g/mol. The fourth-order valence-corrected chi connectivity index (χ4v) is 1.37. The maximum absolute atomic E-state index is 11.9. The van der Waals surface area contributed by atoms with Gasteiger partial charge in [0.25, 0.3) is 0 Å². The van der Waals surface area contributed by atoms with Crippen molar-refractivity contribution in [2.75, 3.05) is 11.9 Å². The Bertz CT molecular complexity index is 481. The predicted octanol–water partition coefficient (Wildman–Crippen LogP) is 1.62. The molecule has 0 heterocycles. The molecule has 18 heavy (non-hydrogen) atoms. The zero-order chi connectivity index (χ0) is 13.9. The van der Waals surface area contributed by atoms with Crippen molar-refractivity contribution >= 4 is 17.6 Å². The van der Waals surface area contributed by atoms with Crippen molar-refractivity contribution in [1.29, 1.82) is 0 Å². The molecule has 1 aromatic rings. The minimum Gasteiger partial charge on any atom is -0.478 e. The summed E-state index contributed by atoms with van der Waals surface area (Å²) < 4.78 is 0. The standard InChI is InChI=1S/C13H18N2O3/c1-8-6-9(4-5-10(8)11(16)17)15-12(18)13(2,3)7-14/h4-6H,7,14H2,1-3H3,(H,15,18)(H,16,17). The molecule has 0 unspecified atom stereocenters. The van der Waals surface area contributed by atoms with Crippen LogP contribution in [0.3, 0.4) is 0 Å². The van der Waals surface area contributed by atoms with E-state index < -0.39 is 11.4 Å². The van der Waals surface area contributed by atoms with Crippen molar-refractivity contribution in [3.63, 3.8) is 0 Å². The summed E-state index contributed by atoms with van der Waals surface area (Å²) in [6.07, 6.45) is 0. The fraction of sp³-hybridized carbons (Fsp3) is 0.385. The number of hydrogen-bond donors (Lipinski definition) is 3. The number of hydrogen-bond acceptors (Lipinski definition) is 3. The number of aromatic carboxylic acids is 1. The van der Waals surface area contributed by atoms with Gasteiger partial charge in [0.15, 0.2) is 0 Å². The number of amides is 1. The van der Waals surface area contributed by atoms with E-state index in [1.54, 1.807) is 32.9 Å². The van der Waals surface area contributed by atoms with Crippen LogP contribution in [-0.2, 0) is 4.79 Å². The van der Waals surface area contributed by atoms with Gasteiger partial charge in [0.1, 0.15) is 0 Å². The molecule has 0 saturated carbocycles. The monoisotopic (exact) mass is 250 g/mol. The van der Waals surface area contributed by atoms with Crippen LogP contribution in [0.4, 0.5) is 5.69 Å². The maximum atomic E-state index is 11.9. The zero-order valence-electron chi connectivity index (χ0n) is 10.8. The number of rotatable bonds is 4. The van der Waals surface area contributed by atoms with E-state index in [-0.39, 0.29) is 18.0 Å². The molecule has 1 amide bonds. The van der Waals surface area contributed by atoms with Crippen molar-refractivity contribution in [2.24, 2.45) is 11.1 Å². The Labute approximate surface area is 106 Å². The largest absolute Gasteiger partial charge is 0.478 e. The Hall–Kier alpha value is -1.88. The van der Waals surface area contributed by atoms with Crippen LogP contribution in [0.5, 0.6) is 0 Å². The second-order valence-electron chi connectivity index (χ2n) is 4.88. The van der Waals surface area contributed by atoms with Gasteiger partial charge in [-0.05, 0) is 44.5 Å². The average Bonchev–Trinajstić information content (AvgIpc) is 2.28. The lowest BCUT2D eigenvalue weighted by Gasteiger charge is -2.21. The van der Waals surface area contributed by atoms with Crippen LogP contribution in [0.15, 0.2) is 18.2 Å². The molecule has 0 aliphatic carbocycles. The van der Waals surface area contributed by atoms with Gasteiger partial charge < -0.3 is 16.2 Å². The first-order valence-corrected chi connectivity index (χ1v) is 5.63. The van der Waals surface area contributed by atoms with Crippen molar-refractivity contribution in [3.8, 4) is 0 Å². The summed E-state index contributed by atoms with van der Waals surface area (Å²) in [7, 11) is 0. The van der Waals surface area contributed by atoms with E-state index in [2.05, 4.69) is 5.32 Å². The van der Waals surface area contributed by atoms with Gasteiger partial charge in [-0.1, -0.05) is 0 Å². The van der Waals surface area contributed by atoms with Gasteiger partial charge in [0.05, 0.1) is 11.0 Å². The molecule has 4 N–H and O–H groups in total. The molecule has 0 saturated heterocycles. The van der Waals surface area contributed by atoms with E-state index in [4.69, 9.17) is 10.8 Å². The molecule has 0 fully saturated rings. The van der Waals surface area contributed by atoms with E-state index in [0.29, 0.717) is 11.3 Å². The third-order valence-electron chi connectivity index (χ3n) is 2.84. The quantitative estimate of drug-likeness (QED) is 0.757. The predicted molar refractivity (Wildman–Crippen MR) is 69.6 cm³/mol. The van der Waals surface area contributed by atoms with E-state index in [0.717, 1.165) is 0 Å². The number of benzene rings is 1. The van der Waals surface area contributed by atoms with Crippen LogP contribution in [0, 0.1) is 12.3 Å². The van der Waals surface area contributed by atoms with Crippen LogP contribution < -0.4 is 11.1 Å². The van der Waals surface area contributed by atoms with E-state index in [1.807, 2.05) is 0 Å². The third kappa shape index (κ3) is 3.07. The number of carbonyl (C=O) groups excluding carboxylic acids is 1. The minimum atomic E-state index is -0.979. The van der Waals surface area contributed by atoms with Crippen molar-refractivity contribution in [3.05, 3.63) is 29.3 Å². The van der Waals surface area contributed by atoms with Crippen LogP contribution >= 0.6 is 0 Å². The number of nitrogens with one attached hydrogen (secondary N) is 1. The van der Waals surface area contributed by atoms with Gasteiger partial charge in [-0.25, -0.2) is 4.79 Å². The SMILES string of the molecule is Cc1cc(NC(=O)C(C)(C)CN)ccc1C(=O)O. The lowest BCUT2D eigenvalue weighted by molar-refractivity contribution is -0.123. The normalized spacial score (nSPS) is 11.1. The Morgan fingerprint density at radius 2 is 2.00 bits per heavy atom. The minimum absolute atomic E-state index is 0.188. The highest BCUT2D eigenvalue weighted by Gasteiger charge is 2.25. The van der Waals surface area contributed by atoms with E-state index in [9.17, 15) is 9.59 Å². The third-order valence-corrected chi connectivity index (χ3v) is 2.84. The number of carboxylic acids is 1. The van der Waals surface area contributed by atoms with Crippen LogP contribution in [0.2, 0.25) is 0 Å². The first kappa shape index (κ1) is 14.2. The molecule has 0 bridgehead atoms. The molecule has 0 aromatic heterocycles. The van der Waals surface area contributed by atoms with Gasteiger partial charge in [0.2, 0.25) is 5.91 Å². The molecule has 0 spiro atoms. The molecule has 1 aromatic carbocycles. The highest BCUT2D eigenvalue weighted by molar-refractivity contribution is 5.96. The fourth-order valence-electron chi connectivity index (χ4n) is 1.37. The second kappa shape index (κ2) is 5.18. The Morgan fingerprint density at radius 3 is 2.44 bits per heavy atom. The van der Waals surface area contributed by atoms with Crippen molar-refractivity contribution in [1.82, 2.24) is 0 Å². The van der Waals surface area contributed by atoms with Crippen LogP contribution in [0.1, 0.15) is 29.8 Å². The number of nitrogens with two attached hydrogens (primary N) is 1. The molecule has 0 radical (unpaired) electrons. The smallest absolute Gasteiger partial charge is 0.335 e. The van der Waals surface area contributed by atoms with Crippen LogP contribution in [0.25, 0.3) is 0 Å².